The highest BCUT2D eigenvalue weighted by atomic mass is 16.5. The van der Waals surface area contributed by atoms with E-state index < -0.39 is 0 Å². The predicted molar refractivity (Wildman–Crippen MR) is 303 cm³/mol. The van der Waals surface area contributed by atoms with Crippen LogP contribution < -0.4 is 19.5 Å². The van der Waals surface area contributed by atoms with Gasteiger partial charge in [-0.05, 0) is 162 Å². The van der Waals surface area contributed by atoms with Crippen molar-refractivity contribution in [1.82, 2.24) is 0 Å². The van der Waals surface area contributed by atoms with Gasteiger partial charge in [0.25, 0.3) is 0 Å². The zero-order valence-corrected chi connectivity index (χ0v) is 45.2. The van der Waals surface area contributed by atoms with Crippen LogP contribution in [-0.2, 0) is 0 Å². The van der Waals surface area contributed by atoms with Crippen molar-refractivity contribution < 1.29 is 52.6 Å². The Bertz CT molecular complexity index is 3160. The minimum Gasteiger partial charge on any atom is -0.497 e. The third-order valence-electron chi connectivity index (χ3n) is 11.4. The van der Waals surface area contributed by atoms with Gasteiger partial charge in [0, 0.05) is 57.2 Å². The molecular weight excluding hydrogens is 959 g/mol. The van der Waals surface area contributed by atoms with Crippen LogP contribution in [0, 0.1) is 0 Å². The lowest BCUT2D eigenvalue weighted by molar-refractivity contribution is 0.1000. The van der Waals surface area contributed by atoms with Gasteiger partial charge in [0.05, 0.1) is 21.3 Å². The SMILES string of the molecule is CC(=O)c1ccc(C(C)=O)cc1.CC(=O)c1ccc2cc(C(C)=O)ccc2c1.CC(=O)c1cccc(C(C)=O)c1.CNc1ccc(OC)cc1.COc1ccc(C(C)=O)cc1.COc1ccc2cc(C(C)=O)ccc2c1. The molecule has 0 aliphatic rings. The summed E-state index contributed by atoms with van der Waals surface area (Å²) in [4.78, 5) is 87.9. The molecule has 0 atom stereocenters. The van der Waals surface area contributed by atoms with E-state index in [1.54, 1.807) is 134 Å². The van der Waals surface area contributed by atoms with E-state index in [0.717, 1.165) is 50.0 Å². The lowest BCUT2D eigenvalue weighted by Crippen LogP contribution is -1.96. The Morgan fingerprint density at radius 1 is 0.276 bits per heavy atom. The maximum atomic E-state index is 11.2. The lowest BCUT2D eigenvalue weighted by Gasteiger charge is -2.03. The van der Waals surface area contributed by atoms with Gasteiger partial charge in [-0.1, -0.05) is 84.9 Å². The van der Waals surface area contributed by atoms with E-state index in [2.05, 4.69) is 5.32 Å². The van der Waals surface area contributed by atoms with Gasteiger partial charge >= 0.3 is 0 Å². The first-order valence-corrected chi connectivity index (χ1v) is 24.0. The number of ketones is 8. The highest BCUT2D eigenvalue weighted by molar-refractivity contribution is 6.03. The van der Waals surface area contributed by atoms with Crippen LogP contribution in [0.25, 0.3) is 21.5 Å². The number of rotatable bonds is 12. The minimum atomic E-state index is -0.0156. The Morgan fingerprint density at radius 3 is 0.803 bits per heavy atom. The molecular formula is C64H65NO11. The molecule has 0 aliphatic carbocycles. The van der Waals surface area contributed by atoms with E-state index in [-0.39, 0.29) is 46.3 Å². The van der Waals surface area contributed by atoms with E-state index in [1.165, 1.54) is 27.7 Å². The Morgan fingerprint density at radius 2 is 0.513 bits per heavy atom. The van der Waals surface area contributed by atoms with Gasteiger partial charge in [-0.2, -0.15) is 0 Å². The summed E-state index contributed by atoms with van der Waals surface area (Å²) >= 11 is 0. The molecule has 0 saturated carbocycles. The summed E-state index contributed by atoms with van der Waals surface area (Å²) in [6, 6.07) is 50.7. The maximum Gasteiger partial charge on any atom is 0.159 e. The Labute approximate surface area is 445 Å². The summed E-state index contributed by atoms with van der Waals surface area (Å²) in [5, 5.41) is 7.13. The van der Waals surface area contributed by atoms with E-state index in [9.17, 15) is 38.4 Å². The molecule has 0 radical (unpaired) electrons. The normalized spacial score (nSPS) is 9.74. The van der Waals surface area contributed by atoms with Crippen molar-refractivity contribution in [3.8, 4) is 17.2 Å². The first kappa shape index (κ1) is 61.1. The van der Waals surface area contributed by atoms with E-state index in [4.69, 9.17) is 14.2 Å². The number of hydrogen-bond donors (Lipinski definition) is 1. The zero-order valence-electron chi connectivity index (χ0n) is 45.2. The molecule has 0 spiro atoms. The number of carbonyl (C=O) groups excluding carboxylic acids is 8. The second-order valence-electron chi connectivity index (χ2n) is 17.0. The number of hydrogen-bond acceptors (Lipinski definition) is 12. The molecule has 0 bridgehead atoms. The van der Waals surface area contributed by atoms with Gasteiger partial charge in [0.2, 0.25) is 0 Å². The van der Waals surface area contributed by atoms with E-state index in [1.807, 2.05) is 92.0 Å². The van der Waals surface area contributed by atoms with Crippen LogP contribution in [-0.4, -0.2) is 74.6 Å². The fourth-order valence-corrected chi connectivity index (χ4v) is 6.73. The molecule has 1 N–H and O–H groups in total. The molecule has 0 amide bonds. The largest absolute Gasteiger partial charge is 0.497 e. The van der Waals surface area contributed by atoms with Gasteiger partial charge in [-0.25, -0.2) is 0 Å². The number of nitrogens with one attached hydrogen (secondary N) is 1. The van der Waals surface area contributed by atoms with Crippen molar-refractivity contribution in [2.75, 3.05) is 33.7 Å². The molecule has 8 aromatic carbocycles. The minimum absolute atomic E-state index is 0.0156. The predicted octanol–water partition coefficient (Wildman–Crippen LogP) is 14.1. The van der Waals surface area contributed by atoms with Gasteiger partial charge in [0.15, 0.2) is 46.3 Å². The second kappa shape index (κ2) is 30.8. The smallest absolute Gasteiger partial charge is 0.159 e. The van der Waals surface area contributed by atoms with Crippen LogP contribution in [0.1, 0.15) is 138 Å². The van der Waals surface area contributed by atoms with Crippen molar-refractivity contribution in [3.63, 3.8) is 0 Å². The number of anilines is 1. The average molecular weight is 1020 g/mol. The first-order valence-electron chi connectivity index (χ1n) is 24.0. The second-order valence-corrected chi connectivity index (χ2v) is 17.0. The Kier molecular flexibility index (Phi) is 24.8. The molecule has 0 saturated heterocycles. The molecule has 8 aromatic rings. The topological polar surface area (TPSA) is 176 Å². The highest BCUT2D eigenvalue weighted by Crippen LogP contribution is 2.23. The number of benzene rings is 8. The third kappa shape index (κ3) is 20.0. The molecule has 392 valence electrons. The van der Waals surface area contributed by atoms with Gasteiger partial charge in [0.1, 0.15) is 17.2 Å². The maximum absolute atomic E-state index is 11.2. The average Bonchev–Trinajstić information content (AvgIpc) is 3.43. The fraction of sp³-hybridized carbons (Fsp3) is 0.188. The number of methoxy groups -OCH3 is 3. The number of fused-ring (bicyclic) bond motifs is 2. The molecule has 0 unspecified atom stereocenters. The van der Waals surface area contributed by atoms with Crippen molar-refractivity contribution in [2.45, 2.75) is 55.4 Å². The number of ether oxygens (including phenoxy) is 3. The summed E-state index contributed by atoms with van der Waals surface area (Å²) in [6.07, 6.45) is 0. The highest BCUT2D eigenvalue weighted by Gasteiger charge is 2.06. The summed E-state index contributed by atoms with van der Waals surface area (Å²) in [7, 11) is 6.80. The van der Waals surface area contributed by atoms with Crippen LogP contribution in [0.2, 0.25) is 0 Å². The van der Waals surface area contributed by atoms with Crippen LogP contribution in [0.4, 0.5) is 5.69 Å². The first-order chi connectivity index (χ1) is 36.1. The Hall–Kier alpha value is -9.16. The van der Waals surface area contributed by atoms with Crippen LogP contribution in [0.5, 0.6) is 17.2 Å². The molecule has 0 aromatic heterocycles. The van der Waals surface area contributed by atoms with Crippen molar-refractivity contribution in [1.29, 1.82) is 0 Å². The van der Waals surface area contributed by atoms with Crippen LogP contribution >= 0.6 is 0 Å². The summed E-state index contributed by atoms with van der Waals surface area (Å²) in [6.45, 7) is 12.2. The van der Waals surface area contributed by atoms with Crippen LogP contribution in [0.3, 0.4) is 0 Å². The molecule has 0 heterocycles. The Balaban J connectivity index is 0.000000242. The van der Waals surface area contributed by atoms with Crippen molar-refractivity contribution in [3.05, 3.63) is 214 Å². The summed E-state index contributed by atoms with van der Waals surface area (Å²) in [5.41, 5.74) is 6.40. The third-order valence-corrected chi connectivity index (χ3v) is 11.4. The molecule has 0 aliphatic heterocycles. The van der Waals surface area contributed by atoms with Gasteiger partial charge in [-0.15, -0.1) is 0 Å². The van der Waals surface area contributed by atoms with Gasteiger partial charge < -0.3 is 19.5 Å². The van der Waals surface area contributed by atoms with Crippen molar-refractivity contribution in [2.24, 2.45) is 0 Å². The zero-order chi connectivity index (χ0) is 56.5. The van der Waals surface area contributed by atoms with Crippen LogP contribution in [0.15, 0.2) is 170 Å². The monoisotopic (exact) mass is 1020 g/mol. The standard InChI is InChI=1S/C14H12O2.C13H12O2.2C10H10O2.C9H10O2.C8H11NO/c1-9(15)11-3-5-14-8-12(10(2)16)4-6-13(14)7-11;1-9(14)10-3-4-12-8-13(15-2)6-5-11(12)7-10;1-7(11)9-3-5-10(6-4-9)8(2)12;1-7(11)9-4-3-5-10(6-9)8(2)12;1-7(10)8-3-5-9(11-2)6-4-8;1-9-7-3-5-8(10-2)6-4-7/h3-8H,1-2H3;3-8H,1-2H3;2*3-6H,1-2H3;3-6H,1-2H3;3-6,9H,1-2H3. The van der Waals surface area contributed by atoms with E-state index in [0.29, 0.717) is 38.9 Å². The molecule has 12 nitrogen and oxygen atoms in total. The molecule has 12 heteroatoms. The molecule has 76 heavy (non-hydrogen) atoms. The lowest BCUT2D eigenvalue weighted by atomic mass is 10.0. The summed E-state index contributed by atoms with van der Waals surface area (Å²) in [5.74, 6) is 2.77. The summed E-state index contributed by atoms with van der Waals surface area (Å²) < 4.78 is 15.1. The number of carbonyl (C=O) groups is 8. The fourth-order valence-electron chi connectivity index (χ4n) is 6.73. The van der Waals surface area contributed by atoms with E-state index >= 15 is 0 Å². The van der Waals surface area contributed by atoms with Gasteiger partial charge in [-0.3, -0.25) is 38.4 Å². The quantitative estimate of drug-likeness (QED) is 0.115. The van der Waals surface area contributed by atoms with Crippen molar-refractivity contribution >= 4 is 73.5 Å². The molecule has 8 rings (SSSR count). The molecule has 0 fully saturated rings. The number of Topliss-reactive ketones (excluding diaryl/α,β-unsaturated/α-hetero) is 8.